The van der Waals surface area contributed by atoms with Gasteiger partial charge in [0.25, 0.3) is 5.91 Å². The molecule has 3 N–H and O–H groups in total. The summed E-state index contributed by atoms with van der Waals surface area (Å²) in [5, 5.41) is 15.9. The number of hydrogen-bond acceptors (Lipinski definition) is 13. The lowest BCUT2D eigenvalue weighted by atomic mass is 9.77. The fourth-order valence-corrected chi connectivity index (χ4v) is 12.4. The van der Waals surface area contributed by atoms with E-state index in [1.807, 2.05) is 146 Å². The van der Waals surface area contributed by atoms with E-state index in [1.54, 1.807) is 53.8 Å². The lowest BCUT2D eigenvalue weighted by molar-refractivity contribution is -0.160. The first kappa shape index (κ1) is 55.6. The fourth-order valence-electron chi connectivity index (χ4n) is 10.1. The van der Waals surface area contributed by atoms with Crippen LogP contribution >= 0.6 is 34.7 Å². The molecule has 10 rings (SSSR count). The van der Waals surface area contributed by atoms with Crippen LogP contribution in [0.1, 0.15) is 44.6 Å². The molecule has 8 aromatic rings. The minimum atomic E-state index is -1.38. The van der Waals surface area contributed by atoms with E-state index >= 15 is 4.79 Å². The quantitative estimate of drug-likeness (QED) is 0.0112. The van der Waals surface area contributed by atoms with Gasteiger partial charge in [-0.2, -0.15) is 0 Å². The molecule has 3 atom stereocenters. The average molecular weight is 1140 g/mol. The van der Waals surface area contributed by atoms with Crippen LogP contribution in [-0.2, 0) is 46.4 Å². The molecule has 2 aliphatic heterocycles. The van der Waals surface area contributed by atoms with E-state index in [0.717, 1.165) is 38.9 Å². The number of β-lactam (4-membered cyclic amide) rings is 1. The number of halogens is 1. The third kappa shape index (κ3) is 11.9. The van der Waals surface area contributed by atoms with Crippen molar-refractivity contribution in [1.29, 1.82) is 0 Å². The Labute approximate surface area is 483 Å². The van der Waals surface area contributed by atoms with Gasteiger partial charge in [0.05, 0.1) is 7.11 Å². The van der Waals surface area contributed by atoms with Crippen LogP contribution in [-0.4, -0.2) is 89.3 Å². The van der Waals surface area contributed by atoms with Gasteiger partial charge in [-0.05, 0) is 40.5 Å². The van der Waals surface area contributed by atoms with E-state index in [0.29, 0.717) is 10.9 Å². The number of esters is 1. The second-order valence-electron chi connectivity index (χ2n) is 19.1. The summed E-state index contributed by atoms with van der Waals surface area (Å²) >= 11 is 8.34. The number of benzene rings is 7. The maximum Gasteiger partial charge on any atom is 0.407 e. The summed E-state index contributed by atoms with van der Waals surface area (Å²) in [4.78, 5) is 70.0. The van der Waals surface area contributed by atoms with Gasteiger partial charge in [-0.3, -0.25) is 14.4 Å². The second-order valence-corrected chi connectivity index (χ2v) is 21.5. The van der Waals surface area contributed by atoms with Crippen LogP contribution < -0.4 is 20.7 Å². The molecule has 0 radical (unpaired) electrons. The van der Waals surface area contributed by atoms with Gasteiger partial charge in [0, 0.05) is 46.8 Å². The number of thioether (sulfide) groups is 1. The van der Waals surface area contributed by atoms with Gasteiger partial charge in [-0.1, -0.05) is 205 Å². The minimum absolute atomic E-state index is 0.0413. The number of hydrogen-bond donors (Lipinski definition) is 3. The summed E-state index contributed by atoms with van der Waals surface area (Å²) in [6.45, 7) is -0.0561. The zero-order chi connectivity index (χ0) is 56.1. The number of carbonyl (C=O) groups is 4. The Balaban J connectivity index is 0.996. The SMILES string of the molecule is COc1ccc(COC(=O)C2(C=CCOC(=O)NCCCl)CS[C@@H]3C(NC(=O)C(=NOC(c4ccccc4)(c4ccccc4)c4ccccc4)c4csc(NC(c5ccccc5)(c5ccccc5)c5ccccc5)n4)C(=O)N3C2)cc1. The van der Waals surface area contributed by atoms with Crippen molar-refractivity contribution in [2.24, 2.45) is 10.6 Å². The van der Waals surface area contributed by atoms with Gasteiger partial charge < -0.3 is 39.9 Å². The fraction of sp³-hybridized carbons (Fsp3) is 0.188. The summed E-state index contributed by atoms with van der Waals surface area (Å²) < 4.78 is 16.5. The highest BCUT2D eigenvalue weighted by molar-refractivity contribution is 8.00. The third-order valence-corrected chi connectivity index (χ3v) is 16.6. The van der Waals surface area contributed by atoms with Gasteiger partial charge in [-0.25, -0.2) is 9.78 Å². The number of rotatable bonds is 22. The highest BCUT2D eigenvalue weighted by atomic mass is 35.5. The van der Waals surface area contributed by atoms with Gasteiger partial charge in [0.1, 0.15) is 47.0 Å². The zero-order valence-electron chi connectivity index (χ0n) is 44.1. The van der Waals surface area contributed by atoms with Crippen LogP contribution in [0.4, 0.5) is 9.93 Å². The van der Waals surface area contributed by atoms with E-state index in [-0.39, 0.29) is 49.3 Å². The van der Waals surface area contributed by atoms with E-state index in [9.17, 15) is 14.4 Å². The molecule has 0 spiro atoms. The molecule has 1 aromatic heterocycles. The first-order chi connectivity index (χ1) is 39.7. The molecule has 3 heterocycles. The number of carbonyl (C=O) groups excluding carboxylic acids is 4. The van der Waals surface area contributed by atoms with Crippen molar-refractivity contribution in [2.75, 3.05) is 43.8 Å². The van der Waals surface area contributed by atoms with Crippen LogP contribution in [0.2, 0.25) is 0 Å². The van der Waals surface area contributed by atoms with E-state index in [4.69, 9.17) is 40.8 Å². The van der Waals surface area contributed by atoms with Crippen LogP contribution in [0.3, 0.4) is 0 Å². The molecule has 0 aliphatic carbocycles. The number of aromatic nitrogens is 1. The summed E-state index contributed by atoms with van der Waals surface area (Å²) in [5.74, 6) is -0.700. The minimum Gasteiger partial charge on any atom is -0.497 e. The number of fused-ring (bicyclic) bond motifs is 1. The number of thiazole rings is 1. The van der Waals surface area contributed by atoms with Gasteiger partial charge >= 0.3 is 12.1 Å². The van der Waals surface area contributed by atoms with Crippen LogP contribution in [0.15, 0.2) is 229 Å². The summed E-state index contributed by atoms with van der Waals surface area (Å²) in [5.41, 5.74) is 2.16. The standard InChI is InChI=1S/C64H57ClN6O8S2/c1-76-52-35-33-45(34-36-52)41-78-59(74)62(37-20-40-77-61(75)66-39-38-65)43-71-57(73)55(58(71)81-44-62)68-56(72)54(70-79-64(49-27-14-5-15-28-49,50-29-16-6-17-30-50)51-31-18-7-19-32-51)53-42-80-60(67-53)69-63(46-21-8-2-9-22-46,47-23-10-3-11-24-47)48-25-12-4-13-26-48/h2-37,42,55,58H,38-41,43-44H2,1H3,(H,66,75)(H,67,69)(H,68,72)/t55?,58-,62?/m1/s1. The first-order valence-corrected chi connectivity index (χ1v) is 28.6. The maximum absolute atomic E-state index is 15.3. The number of oxime groups is 1. The number of anilines is 1. The molecule has 0 saturated carbocycles. The number of ether oxygens (including phenoxy) is 3. The lowest BCUT2D eigenvalue weighted by Gasteiger charge is -2.53. The molecule has 14 nitrogen and oxygen atoms in total. The maximum atomic E-state index is 15.3. The monoisotopic (exact) mass is 1140 g/mol. The molecule has 410 valence electrons. The number of amides is 3. The predicted octanol–water partition coefficient (Wildman–Crippen LogP) is 10.9. The van der Waals surface area contributed by atoms with E-state index in [1.165, 1.54) is 23.1 Å². The Morgan fingerprint density at radius 1 is 0.728 bits per heavy atom. The Morgan fingerprint density at radius 2 is 1.25 bits per heavy atom. The van der Waals surface area contributed by atoms with Crippen molar-refractivity contribution >= 4 is 69.4 Å². The van der Waals surface area contributed by atoms with Gasteiger partial charge in [0.15, 0.2) is 10.8 Å². The second kappa shape index (κ2) is 25.6. The van der Waals surface area contributed by atoms with E-state index in [2.05, 4.69) is 52.3 Å². The molecule has 17 heteroatoms. The highest BCUT2D eigenvalue weighted by Gasteiger charge is 2.57. The predicted molar refractivity (Wildman–Crippen MR) is 316 cm³/mol. The third-order valence-electron chi connectivity index (χ3n) is 14.1. The molecule has 81 heavy (non-hydrogen) atoms. The van der Waals surface area contributed by atoms with Crippen molar-refractivity contribution in [3.63, 3.8) is 0 Å². The van der Waals surface area contributed by atoms with Gasteiger partial charge in [0.2, 0.25) is 11.5 Å². The van der Waals surface area contributed by atoms with Crippen LogP contribution in [0, 0.1) is 5.41 Å². The Kier molecular flexibility index (Phi) is 17.6. The Bertz CT molecular complexity index is 3280. The summed E-state index contributed by atoms with van der Waals surface area (Å²) in [7, 11) is 1.57. The molecule has 7 aromatic carbocycles. The molecule has 0 bridgehead atoms. The Hall–Kier alpha value is -8.70. The largest absolute Gasteiger partial charge is 0.497 e. The van der Waals surface area contributed by atoms with Crippen molar-refractivity contribution < 1.29 is 38.2 Å². The van der Waals surface area contributed by atoms with Crippen molar-refractivity contribution in [1.82, 2.24) is 20.5 Å². The summed E-state index contributed by atoms with van der Waals surface area (Å²) in [6.07, 6.45) is 2.51. The highest BCUT2D eigenvalue weighted by Crippen LogP contribution is 2.45. The summed E-state index contributed by atoms with van der Waals surface area (Å²) in [6, 6.07) is 65.5. The van der Waals surface area contributed by atoms with Crippen LogP contribution in [0.25, 0.3) is 0 Å². The zero-order valence-corrected chi connectivity index (χ0v) is 46.5. The van der Waals surface area contributed by atoms with Gasteiger partial charge in [-0.15, -0.1) is 34.7 Å². The molecule has 2 saturated heterocycles. The number of alkyl carbamates (subject to hydrolysis) is 1. The average Bonchev–Trinajstić information content (AvgIpc) is 4.11. The normalized spacial score (nSPS) is 17.0. The topological polar surface area (TPSA) is 170 Å². The lowest BCUT2D eigenvalue weighted by Crippen LogP contribution is -2.74. The van der Waals surface area contributed by atoms with Crippen molar-refractivity contribution in [2.45, 2.75) is 29.2 Å². The van der Waals surface area contributed by atoms with E-state index < -0.39 is 51.8 Å². The smallest absolute Gasteiger partial charge is 0.407 e. The molecular weight excluding hydrogens is 1080 g/mol. The number of methoxy groups -OCH3 is 1. The molecule has 2 fully saturated rings. The molecule has 2 unspecified atom stereocenters. The first-order valence-electron chi connectivity index (χ1n) is 26.2. The van der Waals surface area contributed by atoms with Crippen molar-refractivity contribution in [3.8, 4) is 5.75 Å². The molecule has 3 amide bonds. The number of alkyl halides is 1. The molecular formula is C64H57ClN6O8S2. The van der Waals surface area contributed by atoms with Crippen molar-refractivity contribution in [3.05, 3.63) is 268 Å². The number of nitrogens with zero attached hydrogens (tertiary/aromatic N) is 3. The Morgan fingerprint density at radius 3 is 1.75 bits per heavy atom. The number of nitrogens with one attached hydrogen (secondary N) is 3. The molecule has 2 aliphatic rings. The van der Waals surface area contributed by atoms with Crippen LogP contribution in [0.5, 0.6) is 5.75 Å².